The number of pyridine rings is 1. The first kappa shape index (κ1) is 21.2. The van der Waals surface area contributed by atoms with Crippen LogP contribution in [0.5, 0.6) is 0 Å². The van der Waals surface area contributed by atoms with Crippen molar-refractivity contribution in [1.82, 2.24) is 14.4 Å². The van der Waals surface area contributed by atoms with E-state index in [1.807, 2.05) is 0 Å². The Labute approximate surface area is 162 Å². The van der Waals surface area contributed by atoms with Crippen molar-refractivity contribution in [3.8, 4) is 0 Å². The van der Waals surface area contributed by atoms with Crippen molar-refractivity contribution in [1.29, 1.82) is 0 Å². The van der Waals surface area contributed by atoms with Crippen LogP contribution in [0, 0.1) is 0 Å². The number of nitrogens with zero attached hydrogens (tertiary/aromatic N) is 1. The largest absolute Gasteiger partial charge is 0.417 e. The average Bonchev–Trinajstić information content (AvgIpc) is 2.52. The van der Waals surface area contributed by atoms with Crippen molar-refractivity contribution in [2.75, 3.05) is 0 Å². The summed E-state index contributed by atoms with van der Waals surface area (Å²) in [5.74, 6) is 0. The number of rotatable bonds is 6. The Bertz CT molecular complexity index is 888. The monoisotopic (exact) mass is 447 g/mol. The SMILES string of the molecule is O=S(=O)(NCc1ncc(C(F)(F)F)cc1Cl)NCc1c(Cl)cccc1Cl. The Balaban J connectivity index is 2.02. The molecule has 2 aromatic rings. The fourth-order valence-electron chi connectivity index (χ4n) is 1.83. The molecule has 0 atom stereocenters. The second-order valence-electron chi connectivity index (χ2n) is 5.00. The third kappa shape index (κ3) is 5.70. The van der Waals surface area contributed by atoms with Gasteiger partial charge >= 0.3 is 6.18 Å². The van der Waals surface area contributed by atoms with Crippen LogP contribution in [0.25, 0.3) is 0 Å². The molecule has 0 aliphatic heterocycles. The van der Waals surface area contributed by atoms with Crippen molar-refractivity contribution in [3.05, 3.63) is 62.4 Å². The van der Waals surface area contributed by atoms with E-state index in [0.717, 1.165) is 0 Å². The lowest BCUT2D eigenvalue weighted by molar-refractivity contribution is -0.137. The highest BCUT2D eigenvalue weighted by molar-refractivity contribution is 7.87. The Morgan fingerprint density at radius 2 is 1.58 bits per heavy atom. The van der Waals surface area contributed by atoms with Gasteiger partial charge in [-0.2, -0.15) is 31.0 Å². The molecular weight excluding hydrogens is 438 g/mol. The lowest BCUT2D eigenvalue weighted by atomic mass is 10.2. The predicted molar refractivity (Wildman–Crippen MR) is 93.3 cm³/mol. The highest BCUT2D eigenvalue weighted by Crippen LogP contribution is 2.31. The minimum absolute atomic E-state index is 0.0548. The van der Waals surface area contributed by atoms with Gasteiger partial charge in [0.25, 0.3) is 10.2 Å². The minimum Gasteiger partial charge on any atom is -0.258 e. The van der Waals surface area contributed by atoms with E-state index in [4.69, 9.17) is 34.8 Å². The first-order valence-corrected chi connectivity index (χ1v) is 9.50. The molecule has 1 heterocycles. The summed E-state index contributed by atoms with van der Waals surface area (Å²) in [7, 11) is -4.00. The van der Waals surface area contributed by atoms with Crippen LogP contribution in [0.2, 0.25) is 15.1 Å². The number of benzene rings is 1. The summed E-state index contributed by atoms with van der Waals surface area (Å²) >= 11 is 17.6. The summed E-state index contributed by atoms with van der Waals surface area (Å²) in [5.41, 5.74) is -0.701. The number of aromatic nitrogens is 1. The smallest absolute Gasteiger partial charge is 0.258 e. The Morgan fingerprint density at radius 3 is 2.12 bits per heavy atom. The van der Waals surface area contributed by atoms with Crippen LogP contribution in [-0.2, 0) is 29.5 Å². The van der Waals surface area contributed by atoms with E-state index in [-0.39, 0.29) is 27.3 Å². The lowest BCUT2D eigenvalue weighted by Crippen LogP contribution is -2.36. The summed E-state index contributed by atoms with van der Waals surface area (Å²) in [6.07, 6.45) is -4.02. The standard InChI is InChI=1S/C14H11Cl3F3N3O2S/c15-10-2-1-3-11(16)9(10)6-22-26(24,25)23-7-13-12(17)4-8(5-21-13)14(18,19)20/h1-5,22-23H,6-7H2. The summed E-state index contributed by atoms with van der Waals surface area (Å²) in [4.78, 5) is 3.55. The highest BCUT2D eigenvalue weighted by Gasteiger charge is 2.31. The molecule has 0 bridgehead atoms. The fourth-order valence-corrected chi connectivity index (χ4v) is 3.36. The van der Waals surface area contributed by atoms with Crippen LogP contribution >= 0.6 is 34.8 Å². The quantitative estimate of drug-likeness (QED) is 0.696. The maximum atomic E-state index is 12.6. The molecular formula is C14H11Cl3F3N3O2S. The molecule has 2 rings (SSSR count). The molecule has 0 aliphatic carbocycles. The molecule has 1 aromatic carbocycles. The minimum atomic E-state index is -4.59. The number of halogens is 6. The zero-order chi connectivity index (χ0) is 19.5. The topological polar surface area (TPSA) is 71.1 Å². The third-order valence-electron chi connectivity index (χ3n) is 3.17. The van der Waals surface area contributed by atoms with Gasteiger partial charge < -0.3 is 0 Å². The molecule has 0 radical (unpaired) electrons. The summed E-state index contributed by atoms with van der Waals surface area (Å²) < 4.78 is 66.0. The number of alkyl halides is 3. The zero-order valence-electron chi connectivity index (χ0n) is 12.7. The van der Waals surface area contributed by atoms with E-state index < -0.39 is 28.5 Å². The van der Waals surface area contributed by atoms with Gasteiger partial charge in [0.05, 0.1) is 22.8 Å². The Morgan fingerprint density at radius 1 is 1.00 bits per heavy atom. The van der Waals surface area contributed by atoms with Gasteiger partial charge in [0, 0.05) is 28.4 Å². The fraction of sp³-hybridized carbons (Fsp3) is 0.214. The summed E-state index contributed by atoms with van der Waals surface area (Å²) in [6, 6.07) is 5.39. The van der Waals surface area contributed by atoms with E-state index in [0.29, 0.717) is 17.8 Å². The number of hydrogen-bond acceptors (Lipinski definition) is 3. The van der Waals surface area contributed by atoms with Gasteiger partial charge in [-0.15, -0.1) is 0 Å². The number of nitrogens with one attached hydrogen (secondary N) is 2. The van der Waals surface area contributed by atoms with Crippen LogP contribution in [0.15, 0.2) is 30.5 Å². The van der Waals surface area contributed by atoms with Crippen molar-refractivity contribution in [2.45, 2.75) is 19.3 Å². The summed E-state index contributed by atoms with van der Waals surface area (Å²) in [5, 5.41) is 0.261. The molecule has 0 amide bonds. The average molecular weight is 449 g/mol. The van der Waals surface area contributed by atoms with Crippen molar-refractivity contribution in [3.63, 3.8) is 0 Å². The van der Waals surface area contributed by atoms with Gasteiger partial charge in [-0.1, -0.05) is 40.9 Å². The molecule has 0 saturated carbocycles. The molecule has 0 saturated heterocycles. The summed E-state index contributed by atoms with van der Waals surface area (Å²) in [6.45, 7) is -0.579. The normalized spacial score (nSPS) is 12.4. The Hall–Kier alpha value is -1.10. The van der Waals surface area contributed by atoms with E-state index in [2.05, 4.69) is 14.4 Å². The molecule has 0 unspecified atom stereocenters. The molecule has 0 fully saturated rings. The van der Waals surface area contributed by atoms with E-state index >= 15 is 0 Å². The van der Waals surface area contributed by atoms with Gasteiger partial charge in [-0.3, -0.25) is 4.98 Å². The molecule has 12 heteroatoms. The third-order valence-corrected chi connectivity index (χ3v) is 5.26. The van der Waals surface area contributed by atoms with Crippen LogP contribution in [-0.4, -0.2) is 13.4 Å². The highest BCUT2D eigenvalue weighted by atomic mass is 35.5. The molecule has 1 aromatic heterocycles. The van der Waals surface area contributed by atoms with Crippen LogP contribution in [0.3, 0.4) is 0 Å². The lowest BCUT2D eigenvalue weighted by Gasteiger charge is -2.12. The second kappa shape index (κ2) is 8.28. The number of hydrogen-bond donors (Lipinski definition) is 2. The van der Waals surface area contributed by atoms with E-state index in [1.54, 1.807) is 18.2 Å². The van der Waals surface area contributed by atoms with Crippen LogP contribution in [0.1, 0.15) is 16.8 Å². The predicted octanol–water partition coefficient (Wildman–Crippen LogP) is 4.18. The van der Waals surface area contributed by atoms with Gasteiger partial charge in [-0.05, 0) is 18.2 Å². The van der Waals surface area contributed by atoms with Crippen molar-refractivity contribution < 1.29 is 21.6 Å². The van der Waals surface area contributed by atoms with Gasteiger partial charge in [0.2, 0.25) is 0 Å². The first-order chi connectivity index (χ1) is 12.0. The molecule has 2 N–H and O–H groups in total. The second-order valence-corrected chi connectivity index (χ2v) is 7.80. The zero-order valence-corrected chi connectivity index (χ0v) is 15.8. The van der Waals surface area contributed by atoms with Crippen molar-refractivity contribution in [2.24, 2.45) is 0 Å². The molecule has 26 heavy (non-hydrogen) atoms. The molecule has 142 valence electrons. The van der Waals surface area contributed by atoms with Crippen molar-refractivity contribution >= 4 is 45.0 Å². The maximum Gasteiger partial charge on any atom is 0.417 e. The van der Waals surface area contributed by atoms with E-state index in [9.17, 15) is 21.6 Å². The molecule has 0 aliphatic rings. The van der Waals surface area contributed by atoms with E-state index in [1.165, 1.54) is 0 Å². The van der Waals surface area contributed by atoms with Gasteiger partial charge in [0.1, 0.15) is 0 Å². The maximum absolute atomic E-state index is 12.6. The molecule has 0 spiro atoms. The van der Waals surface area contributed by atoms with Gasteiger partial charge in [0.15, 0.2) is 0 Å². The first-order valence-electron chi connectivity index (χ1n) is 6.88. The van der Waals surface area contributed by atoms with Crippen LogP contribution in [0.4, 0.5) is 13.2 Å². The van der Waals surface area contributed by atoms with Crippen LogP contribution < -0.4 is 9.44 Å². The Kier molecular flexibility index (Phi) is 6.75. The molecule has 5 nitrogen and oxygen atoms in total. The van der Waals surface area contributed by atoms with Gasteiger partial charge in [-0.25, -0.2) is 0 Å².